The van der Waals surface area contributed by atoms with Crippen molar-refractivity contribution in [3.8, 4) is 0 Å². The van der Waals surface area contributed by atoms with E-state index in [1.54, 1.807) is 38.2 Å². The first kappa shape index (κ1) is 21.4. The number of amides is 2. The second kappa shape index (κ2) is 6.92. The fourth-order valence-corrected chi connectivity index (χ4v) is 6.06. The normalized spacial score (nSPS) is 18.6. The van der Waals surface area contributed by atoms with Crippen LogP contribution >= 0.6 is 11.3 Å². The van der Waals surface area contributed by atoms with Gasteiger partial charge in [0.1, 0.15) is 11.4 Å². The number of ketones is 1. The van der Waals surface area contributed by atoms with Crippen molar-refractivity contribution in [2.45, 2.75) is 19.4 Å². The van der Waals surface area contributed by atoms with Gasteiger partial charge < -0.3 is 9.32 Å². The average molecular weight is 489 g/mol. The zero-order valence-corrected chi connectivity index (χ0v) is 19.5. The number of likely N-dealkylation sites (N-methyl/N-ethyl adjacent to an activating group) is 1. The van der Waals surface area contributed by atoms with Crippen molar-refractivity contribution in [1.82, 2.24) is 4.98 Å². The van der Waals surface area contributed by atoms with Crippen molar-refractivity contribution in [1.29, 1.82) is 0 Å². The number of para-hydroxylation sites is 1. The highest BCUT2D eigenvalue weighted by Gasteiger charge is 2.65. The summed E-state index contributed by atoms with van der Waals surface area (Å²) in [5.41, 5.74) is -1.49. The van der Waals surface area contributed by atoms with E-state index < -0.39 is 28.6 Å². The van der Waals surface area contributed by atoms with Gasteiger partial charge in [0, 0.05) is 25.2 Å². The standard InChI is InChI=1S/C25H16FN3O5S/c1-11-21(12(2)30)35-24(27-11)29-22(32)20-18(19(31)14-10-13(26)8-9-17(14)34-20)25(29)15-6-4-5-7-16(15)28(3)23(25)33/h4-10H,1-3H3. The Morgan fingerprint density at radius 1 is 1.14 bits per heavy atom. The Morgan fingerprint density at radius 3 is 2.60 bits per heavy atom. The summed E-state index contributed by atoms with van der Waals surface area (Å²) in [6.45, 7) is 3.02. The van der Waals surface area contributed by atoms with Crippen LogP contribution in [-0.2, 0) is 10.3 Å². The molecule has 2 aromatic heterocycles. The zero-order chi connectivity index (χ0) is 24.8. The van der Waals surface area contributed by atoms with E-state index >= 15 is 0 Å². The minimum absolute atomic E-state index is 0.0207. The number of carbonyl (C=O) groups excluding carboxylic acids is 3. The number of aromatic nitrogens is 1. The molecule has 2 aliphatic rings. The van der Waals surface area contributed by atoms with Crippen LogP contribution in [0.2, 0.25) is 0 Å². The molecule has 6 rings (SSSR count). The maximum absolute atomic E-state index is 14.1. The Balaban J connectivity index is 1.78. The van der Waals surface area contributed by atoms with E-state index in [1.807, 2.05) is 0 Å². The van der Waals surface area contributed by atoms with Crippen molar-refractivity contribution < 1.29 is 23.2 Å². The van der Waals surface area contributed by atoms with Crippen molar-refractivity contribution in [3.63, 3.8) is 0 Å². The van der Waals surface area contributed by atoms with E-state index in [4.69, 9.17) is 4.42 Å². The SMILES string of the molecule is CC(=O)c1sc(N2C(=O)c3oc4ccc(F)cc4c(=O)c3C23C(=O)N(C)c2ccccc23)nc1C. The highest BCUT2D eigenvalue weighted by atomic mass is 32.1. The number of aryl methyl sites for hydroxylation is 1. The van der Waals surface area contributed by atoms with Gasteiger partial charge in [-0.2, -0.15) is 0 Å². The van der Waals surface area contributed by atoms with Crippen LogP contribution < -0.4 is 15.2 Å². The van der Waals surface area contributed by atoms with E-state index in [0.717, 1.165) is 28.4 Å². The van der Waals surface area contributed by atoms with Gasteiger partial charge in [0.2, 0.25) is 5.76 Å². The van der Waals surface area contributed by atoms with Gasteiger partial charge in [0.05, 0.1) is 21.5 Å². The summed E-state index contributed by atoms with van der Waals surface area (Å²) in [6, 6.07) is 10.2. The third kappa shape index (κ3) is 2.51. The first-order chi connectivity index (χ1) is 16.7. The maximum atomic E-state index is 14.1. The molecule has 0 N–H and O–H groups in total. The van der Waals surface area contributed by atoms with Crippen LogP contribution in [0.15, 0.2) is 51.7 Å². The predicted molar refractivity (Wildman–Crippen MR) is 127 cm³/mol. The monoisotopic (exact) mass is 489 g/mol. The quantitative estimate of drug-likeness (QED) is 0.397. The molecule has 4 aromatic rings. The highest BCUT2D eigenvalue weighted by Crippen LogP contribution is 2.54. The zero-order valence-electron chi connectivity index (χ0n) is 18.7. The first-order valence-corrected chi connectivity index (χ1v) is 11.5. The number of halogens is 1. The number of hydrogen-bond donors (Lipinski definition) is 0. The van der Waals surface area contributed by atoms with Crippen LogP contribution in [-0.4, -0.2) is 29.6 Å². The summed E-state index contributed by atoms with van der Waals surface area (Å²) in [5.74, 6) is -2.52. The van der Waals surface area contributed by atoms with Gasteiger partial charge in [-0.25, -0.2) is 9.37 Å². The molecule has 4 heterocycles. The molecule has 0 aliphatic carbocycles. The summed E-state index contributed by atoms with van der Waals surface area (Å²) in [7, 11) is 1.55. The van der Waals surface area contributed by atoms with Crippen molar-refractivity contribution >= 4 is 50.7 Å². The summed E-state index contributed by atoms with van der Waals surface area (Å²) in [4.78, 5) is 61.2. The lowest BCUT2D eigenvalue weighted by Gasteiger charge is -2.31. The molecule has 2 aliphatic heterocycles. The van der Waals surface area contributed by atoms with Crippen LogP contribution in [0.25, 0.3) is 11.0 Å². The molecule has 0 saturated carbocycles. The van der Waals surface area contributed by atoms with Crippen LogP contribution in [0.5, 0.6) is 0 Å². The van der Waals surface area contributed by atoms with Gasteiger partial charge in [-0.1, -0.05) is 29.5 Å². The lowest BCUT2D eigenvalue weighted by atomic mass is 9.84. The van der Waals surface area contributed by atoms with Gasteiger partial charge in [0.25, 0.3) is 11.8 Å². The van der Waals surface area contributed by atoms with E-state index in [1.165, 1.54) is 17.9 Å². The van der Waals surface area contributed by atoms with E-state index in [-0.39, 0.29) is 33.2 Å². The second-order valence-electron chi connectivity index (χ2n) is 8.48. The molecule has 1 spiro atoms. The number of Topliss-reactive ketones (excluding diaryl/α,β-unsaturated/α-hetero) is 1. The first-order valence-electron chi connectivity index (χ1n) is 10.6. The molecule has 0 saturated heterocycles. The van der Waals surface area contributed by atoms with E-state index in [0.29, 0.717) is 21.8 Å². The number of benzene rings is 2. The Bertz CT molecular complexity index is 1710. The predicted octanol–water partition coefficient (Wildman–Crippen LogP) is 3.78. The van der Waals surface area contributed by atoms with Crippen LogP contribution in [0, 0.1) is 12.7 Å². The third-order valence-electron chi connectivity index (χ3n) is 6.51. The number of rotatable bonds is 2. The Morgan fingerprint density at radius 2 is 1.89 bits per heavy atom. The lowest BCUT2D eigenvalue weighted by Crippen LogP contribution is -2.53. The molecule has 1 unspecified atom stereocenters. The molecule has 2 amide bonds. The molecule has 0 fully saturated rings. The molecule has 1 atom stereocenters. The van der Waals surface area contributed by atoms with Gasteiger partial charge in [-0.15, -0.1) is 0 Å². The van der Waals surface area contributed by atoms with E-state index in [2.05, 4.69) is 4.98 Å². The molecule has 8 nitrogen and oxygen atoms in total. The van der Waals surface area contributed by atoms with Gasteiger partial charge in [0.15, 0.2) is 21.9 Å². The number of nitrogens with zero attached hydrogens (tertiary/aromatic N) is 3. The number of fused-ring (bicyclic) bond motifs is 5. The number of anilines is 2. The van der Waals surface area contributed by atoms with Crippen LogP contribution in [0.1, 0.15) is 44.0 Å². The number of thiazole rings is 1. The topological polar surface area (TPSA) is 101 Å². The van der Waals surface area contributed by atoms with Crippen LogP contribution in [0.3, 0.4) is 0 Å². The molecular formula is C25H16FN3O5S. The molecule has 174 valence electrons. The third-order valence-corrected chi connectivity index (χ3v) is 7.76. The molecule has 2 aromatic carbocycles. The Hall–Kier alpha value is -4.18. The summed E-state index contributed by atoms with van der Waals surface area (Å²) in [6.07, 6.45) is 0. The van der Waals surface area contributed by atoms with Crippen LogP contribution in [0.4, 0.5) is 15.2 Å². The summed E-state index contributed by atoms with van der Waals surface area (Å²) < 4.78 is 19.9. The van der Waals surface area contributed by atoms with Gasteiger partial charge >= 0.3 is 0 Å². The van der Waals surface area contributed by atoms with Crippen molar-refractivity contribution in [2.75, 3.05) is 16.8 Å². The summed E-state index contributed by atoms with van der Waals surface area (Å²) >= 11 is 0.961. The second-order valence-corrected chi connectivity index (χ2v) is 9.45. The lowest BCUT2D eigenvalue weighted by molar-refractivity contribution is -0.121. The van der Waals surface area contributed by atoms with Gasteiger partial charge in [-0.3, -0.25) is 24.1 Å². The molecular weight excluding hydrogens is 473 g/mol. The van der Waals surface area contributed by atoms with E-state index in [9.17, 15) is 23.6 Å². The smallest absolute Gasteiger partial charge is 0.297 e. The minimum atomic E-state index is -1.92. The molecule has 0 bridgehead atoms. The Labute approximate surface area is 201 Å². The maximum Gasteiger partial charge on any atom is 0.297 e. The Kier molecular flexibility index (Phi) is 4.22. The number of hydrogen-bond acceptors (Lipinski definition) is 7. The molecule has 10 heteroatoms. The average Bonchev–Trinajstić information content (AvgIpc) is 3.41. The highest BCUT2D eigenvalue weighted by molar-refractivity contribution is 7.17. The molecule has 0 radical (unpaired) electrons. The van der Waals surface area contributed by atoms with Crippen molar-refractivity contribution in [3.05, 3.63) is 86.0 Å². The fraction of sp³-hybridized carbons (Fsp3) is 0.160. The fourth-order valence-electron chi connectivity index (χ4n) is 5.04. The molecule has 35 heavy (non-hydrogen) atoms. The van der Waals surface area contributed by atoms with Gasteiger partial charge in [-0.05, 0) is 31.2 Å². The van der Waals surface area contributed by atoms with Crippen molar-refractivity contribution in [2.24, 2.45) is 0 Å². The largest absolute Gasteiger partial charge is 0.450 e. The minimum Gasteiger partial charge on any atom is -0.450 e. The summed E-state index contributed by atoms with van der Waals surface area (Å²) in [5, 5.41) is -0.00505. The number of carbonyl (C=O) groups is 3.